The van der Waals surface area contributed by atoms with Gasteiger partial charge in [-0.15, -0.1) is 0 Å². The number of hydrogen-bond acceptors (Lipinski definition) is 3. The molecule has 3 heterocycles. The standard InChI is InChI=1S/C23H31N3O2/c1-2-26-20-14-16-28-17-19(20)23(24-26)21-12-6-7-15-25(21)22(27)13-8-11-18-9-4-3-5-10-18/h3-5,9-10,21H,2,6-8,11-17H2,1H3. The van der Waals surface area contributed by atoms with Crippen LogP contribution >= 0.6 is 0 Å². The zero-order valence-corrected chi connectivity index (χ0v) is 16.9. The van der Waals surface area contributed by atoms with Crippen LogP contribution in [0.15, 0.2) is 30.3 Å². The number of carbonyl (C=O) groups excluding carboxylic acids is 1. The zero-order chi connectivity index (χ0) is 19.3. The second kappa shape index (κ2) is 8.91. The summed E-state index contributed by atoms with van der Waals surface area (Å²) in [7, 11) is 0. The van der Waals surface area contributed by atoms with Gasteiger partial charge in [-0.25, -0.2) is 0 Å². The van der Waals surface area contributed by atoms with Crippen LogP contribution < -0.4 is 0 Å². The molecule has 0 saturated carbocycles. The van der Waals surface area contributed by atoms with Gasteiger partial charge in [-0.1, -0.05) is 30.3 Å². The summed E-state index contributed by atoms with van der Waals surface area (Å²) in [5.41, 5.74) is 4.94. The molecule has 0 N–H and O–H groups in total. The van der Waals surface area contributed by atoms with Crippen LogP contribution in [-0.2, 0) is 35.5 Å². The van der Waals surface area contributed by atoms with Crippen LogP contribution in [0.3, 0.4) is 0 Å². The fourth-order valence-electron chi connectivity index (χ4n) is 4.61. The first kappa shape index (κ1) is 19.2. The Balaban J connectivity index is 1.47. The molecule has 1 amide bonds. The summed E-state index contributed by atoms with van der Waals surface area (Å²) in [6, 6.07) is 10.5. The summed E-state index contributed by atoms with van der Waals surface area (Å²) in [6.07, 6.45) is 6.65. The summed E-state index contributed by atoms with van der Waals surface area (Å²) in [6.45, 7) is 5.27. The fraction of sp³-hybridized carbons (Fsp3) is 0.565. The Labute approximate surface area is 167 Å². The summed E-state index contributed by atoms with van der Waals surface area (Å²) in [5.74, 6) is 0.275. The third-order valence-corrected chi connectivity index (χ3v) is 6.06. The molecule has 0 aliphatic carbocycles. The maximum Gasteiger partial charge on any atom is 0.223 e. The quantitative estimate of drug-likeness (QED) is 0.758. The number of aryl methyl sites for hydroxylation is 2. The number of amides is 1. The van der Waals surface area contributed by atoms with Gasteiger partial charge in [0.2, 0.25) is 5.91 Å². The van der Waals surface area contributed by atoms with E-state index in [1.807, 2.05) is 6.07 Å². The molecule has 5 heteroatoms. The Kier molecular flexibility index (Phi) is 6.10. The number of likely N-dealkylation sites (tertiary alicyclic amines) is 1. The Hall–Kier alpha value is -2.14. The minimum atomic E-state index is 0.112. The Morgan fingerprint density at radius 3 is 2.93 bits per heavy atom. The molecule has 28 heavy (non-hydrogen) atoms. The van der Waals surface area contributed by atoms with Crippen molar-refractivity contribution >= 4 is 5.91 Å². The highest BCUT2D eigenvalue weighted by Gasteiger charge is 2.33. The van der Waals surface area contributed by atoms with Gasteiger partial charge in [0.25, 0.3) is 0 Å². The number of carbonyl (C=O) groups is 1. The molecule has 1 fully saturated rings. The largest absolute Gasteiger partial charge is 0.376 e. The smallest absolute Gasteiger partial charge is 0.223 e. The minimum absolute atomic E-state index is 0.112. The fourth-order valence-corrected chi connectivity index (χ4v) is 4.61. The van der Waals surface area contributed by atoms with E-state index in [1.165, 1.54) is 16.8 Å². The van der Waals surface area contributed by atoms with Crippen LogP contribution in [0.4, 0.5) is 0 Å². The van der Waals surface area contributed by atoms with Gasteiger partial charge in [-0.2, -0.15) is 5.10 Å². The van der Waals surface area contributed by atoms with E-state index in [0.29, 0.717) is 13.0 Å². The molecular formula is C23H31N3O2. The monoisotopic (exact) mass is 381 g/mol. The average molecular weight is 382 g/mol. The number of nitrogens with zero attached hydrogens (tertiary/aromatic N) is 3. The van der Waals surface area contributed by atoms with Crippen LogP contribution in [0.5, 0.6) is 0 Å². The van der Waals surface area contributed by atoms with E-state index < -0.39 is 0 Å². The third kappa shape index (κ3) is 4.00. The molecule has 2 aliphatic heterocycles. The molecule has 1 unspecified atom stereocenters. The molecule has 0 spiro atoms. The van der Waals surface area contributed by atoms with E-state index in [1.54, 1.807) is 0 Å². The number of piperidine rings is 1. The highest BCUT2D eigenvalue weighted by atomic mass is 16.5. The summed E-state index contributed by atoms with van der Waals surface area (Å²) in [5, 5.41) is 4.94. The molecule has 1 atom stereocenters. The second-order valence-corrected chi connectivity index (χ2v) is 7.87. The van der Waals surface area contributed by atoms with Gasteiger partial charge in [0, 0.05) is 37.2 Å². The van der Waals surface area contributed by atoms with E-state index in [0.717, 1.165) is 63.9 Å². The minimum Gasteiger partial charge on any atom is -0.376 e. The maximum absolute atomic E-state index is 13.1. The molecule has 5 nitrogen and oxygen atoms in total. The topological polar surface area (TPSA) is 47.4 Å². The van der Waals surface area contributed by atoms with Gasteiger partial charge < -0.3 is 9.64 Å². The van der Waals surface area contributed by atoms with Gasteiger partial charge in [0.05, 0.1) is 24.9 Å². The molecular weight excluding hydrogens is 350 g/mol. The van der Waals surface area contributed by atoms with E-state index >= 15 is 0 Å². The zero-order valence-electron chi connectivity index (χ0n) is 16.9. The van der Waals surface area contributed by atoms with Gasteiger partial charge in [0.1, 0.15) is 0 Å². The Bertz CT molecular complexity index is 800. The van der Waals surface area contributed by atoms with Crippen molar-refractivity contribution in [2.24, 2.45) is 0 Å². The molecule has 4 rings (SSSR count). The molecule has 1 aromatic carbocycles. The number of benzene rings is 1. The van der Waals surface area contributed by atoms with Crippen molar-refractivity contribution in [2.45, 2.75) is 71.1 Å². The lowest BCUT2D eigenvalue weighted by atomic mass is 9.94. The molecule has 0 radical (unpaired) electrons. The molecule has 2 aromatic rings. The van der Waals surface area contributed by atoms with Crippen molar-refractivity contribution in [3.05, 3.63) is 52.8 Å². The van der Waals surface area contributed by atoms with Gasteiger partial charge >= 0.3 is 0 Å². The number of ether oxygens (including phenoxy) is 1. The molecule has 1 aromatic heterocycles. The van der Waals surface area contributed by atoms with E-state index in [4.69, 9.17) is 9.84 Å². The number of hydrogen-bond donors (Lipinski definition) is 0. The van der Waals surface area contributed by atoms with Crippen molar-refractivity contribution < 1.29 is 9.53 Å². The van der Waals surface area contributed by atoms with Crippen molar-refractivity contribution in [2.75, 3.05) is 13.2 Å². The lowest BCUT2D eigenvalue weighted by Gasteiger charge is -2.35. The van der Waals surface area contributed by atoms with Crippen molar-refractivity contribution in [1.82, 2.24) is 14.7 Å². The Morgan fingerprint density at radius 2 is 2.11 bits per heavy atom. The van der Waals surface area contributed by atoms with Crippen molar-refractivity contribution in [1.29, 1.82) is 0 Å². The number of rotatable bonds is 6. The van der Waals surface area contributed by atoms with Crippen LogP contribution in [0.25, 0.3) is 0 Å². The van der Waals surface area contributed by atoms with Crippen LogP contribution in [-0.4, -0.2) is 33.7 Å². The normalized spacial score (nSPS) is 19.5. The third-order valence-electron chi connectivity index (χ3n) is 6.06. The lowest BCUT2D eigenvalue weighted by molar-refractivity contribution is -0.135. The lowest BCUT2D eigenvalue weighted by Crippen LogP contribution is -2.39. The summed E-state index contributed by atoms with van der Waals surface area (Å²) < 4.78 is 7.86. The van der Waals surface area contributed by atoms with Crippen molar-refractivity contribution in [3.8, 4) is 0 Å². The number of fused-ring (bicyclic) bond motifs is 1. The highest BCUT2D eigenvalue weighted by Crippen LogP contribution is 2.35. The maximum atomic E-state index is 13.1. The van der Waals surface area contributed by atoms with Gasteiger partial charge in [-0.05, 0) is 44.6 Å². The van der Waals surface area contributed by atoms with Crippen LogP contribution in [0.1, 0.15) is 67.6 Å². The summed E-state index contributed by atoms with van der Waals surface area (Å²) in [4.78, 5) is 15.2. The second-order valence-electron chi connectivity index (χ2n) is 7.87. The molecule has 0 bridgehead atoms. The Morgan fingerprint density at radius 1 is 1.25 bits per heavy atom. The first-order chi connectivity index (χ1) is 13.8. The molecule has 2 aliphatic rings. The molecule has 1 saturated heterocycles. The number of aromatic nitrogens is 2. The van der Waals surface area contributed by atoms with Crippen LogP contribution in [0, 0.1) is 0 Å². The van der Waals surface area contributed by atoms with Gasteiger partial charge in [0.15, 0.2) is 0 Å². The van der Waals surface area contributed by atoms with Gasteiger partial charge in [-0.3, -0.25) is 9.48 Å². The molecule has 150 valence electrons. The van der Waals surface area contributed by atoms with E-state index in [2.05, 4.69) is 40.8 Å². The average Bonchev–Trinajstić information content (AvgIpc) is 3.13. The predicted octanol–water partition coefficient (Wildman–Crippen LogP) is 4.05. The summed E-state index contributed by atoms with van der Waals surface area (Å²) >= 11 is 0. The first-order valence-corrected chi connectivity index (χ1v) is 10.8. The predicted molar refractivity (Wildman–Crippen MR) is 109 cm³/mol. The first-order valence-electron chi connectivity index (χ1n) is 10.8. The highest BCUT2D eigenvalue weighted by molar-refractivity contribution is 5.76. The van der Waals surface area contributed by atoms with Crippen LogP contribution in [0.2, 0.25) is 0 Å². The van der Waals surface area contributed by atoms with Crippen molar-refractivity contribution in [3.63, 3.8) is 0 Å². The van der Waals surface area contributed by atoms with E-state index in [-0.39, 0.29) is 11.9 Å². The SMILES string of the molecule is CCn1nc(C2CCCCN2C(=O)CCCc2ccccc2)c2c1CCOC2. The van der Waals surface area contributed by atoms with E-state index in [9.17, 15) is 4.79 Å².